The summed E-state index contributed by atoms with van der Waals surface area (Å²) in [4.78, 5) is 0. The van der Waals surface area contributed by atoms with Crippen LogP contribution in [0.5, 0.6) is 0 Å². The molecule has 2 heteroatoms. The van der Waals surface area contributed by atoms with Gasteiger partial charge in [-0.25, -0.2) is 4.39 Å². The lowest BCUT2D eigenvalue weighted by Gasteiger charge is -2.52. The summed E-state index contributed by atoms with van der Waals surface area (Å²) in [6.07, 6.45) is 9.37. The zero-order valence-electron chi connectivity index (χ0n) is 14.5. The molecule has 0 N–H and O–H groups in total. The van der Waals surface area contributed by atoms with Crippen LogP contribution in [-0.2, 0) is 11.2 Å². The highest BCUT2D eigenvalue weighted by Crippen LogP contribution is 2.64. The molecule has 1 spiro atoms. The van der Waals surface area contributed by atoms with Crippen molar-refractivity contribution < 1.29 is 9.13 Å². The van der Waals surface area contributed by atoms with Crippen molar-refractivity contribution >= 4 is 0 Å². The van der Waals surface area contributed by atoms with Crippen LogP contribution in [0.15, 0.2) is 35.9 Å². The van der Waals surface area contributed by atoms with Gasteiger partial charge in [-0.2, -0.15) is 0 Å². The van der Waals surface area contributed by atoms with E-state index < -0.39 is 0 Å². The maximum Gasteiger partial charge on any atom is 0.123 e. The van der Waals surface area contributed by atoms with Gasteiger partial charge in [0.15, 0.2) is 0 Å². The molecule has 0 radical (unpaired) electrons. The minimum atomic E-state index is -0.162. The maximum atomic E-state index is 13.2. The highest BCUT2D eigenvalue weighted by Gasteiger charge is 2.64. The Hall–Kier alpha value is -1.15. The Morgan fingerprint density at radius 1 is 1.13 bits per heavy atom. The minimum absolute atomic E-state index is 0.0308. The number of halogens is 1. The summed E-state index contributed by atoms with van der Waals surface area (Å²) in [6, 6.07) is 6.97. The predicted molar refractivity (Wildman–Crippen MR) is 90.8 cm³/mol. The van der Waals surface area contributed by atoms with Crippen LogP contribution in [-0.4, -0.2) is 11.2 Å². The van der Waals surface area contributed by atoms with Crippen LogP contribution < -0.4 is 0 Å². The normalized spacial score (nSPS) is 38.1. The van der Waals surface area contributed by atoms with Crippen molar-refractivity contribution in [2.75, 3.05) is 0 Å². The lowest BCUT2D eigenvalue weighted by molar-refractivity contribution is -0.132. The summed E-state index contributed by atoms with van der Waals surface area (Å²) in [5, 5.41) is 0. The lowest BCUT2D eigenvalue weighted by atomic mass is 9.55. The van der Waals surface area contributed by atoms with E-state index in [4.69, 9.17) is 4.74 Å². The van der Waals surface area contributed by atoms with Crippen LogP contribution in [0.4, 0.5) is 4.39 Å². The molecule has 124 valence electrons. The molecular formula is C21H27FO. The number of ether oxygens (including phenoxy) is 1. The molecule has 0 aromatic heterocycles. The summed E-state index contributed by atoms with van der Waals surface area (Å²) >= 11 is 0. The van der Waals surface area contributed by atoms with Gasteiger partial charge in [0, 0.05) is 5.41 Å². The first kappa shape index (κ1) is 15.4. The number of rotatable bonds is 2. The number of hydrogen-bond donors (Lipinski definition) is 0. The largest absolute Gasteiger partial charge is 0.364 e. The average Bonchev–Trinajstić information content (AvgIpc) is 2.73. The summed E-state index contributed by atoms with van der Waals surface area (Å²) in [5.74, 6) is 0.496. The second-order valence-electron chi connectivity index (χ2n) is 8.60. The van der Waals surface area contributed by atoms with Crippen molar-refractivity contribution in [1.82, 2.24) is 0 Å². The smallest absolute Gasteiger partial charge is 0.123 e. The molecule has 0 amide bonds. The van der Waals surface area contributed by atoms with E-state index in [-0.39, 0.29) is 22.4 Å². The third-order valence-electron chi connectivity index (χ3n) is 6.89. The van der Waals surface area contributed by atoms with Crippen LogP contribution in [0.2, 0.25) is 0 Å². The Kier molecular flexibility index (Phi) is 3.29. The first-order valence-corrected chi connectivity index (χ1v) is 8.99. The van der Waals surface area contributed by atoms with E-state index in [1.54, 1.807) is 12.1 Å². The van der Waals surface area contributed by atoms with Crippen molar-refractivity contribution in [3.8, 4) is 0 Å². The molecule has 3 atom stereocenters. The molecule has 2 bridgehead atoms. The fourth-order valence-electron chi connectivity index (χ4n) is 5.36. The van der Waals surface area contributed by atoms with Gasteiger partial charge in [0.1, 0.15) is 5.82 Å². The van der Waals surface area contributed by atoms with Gasteiger partial charge < -0.3 is 4.74 Å². The topological polar surface area (TPSA) is 9.23 Å². The van der Waals surface area contributed by atoms with E-state index in [9.17, 15) is 4.39 Å². The first-order valence-electron chi connectivity index (χ1n) is 8.99. The zero-order valence-corrected chi connectivity index (χ0v) is 14.5. The highest BCUT2D eigenvalue weighted by atomic mass is 19.1. The number of hydrogen-bond acceptors (Lipinski definition) is 1. The number of benzene rings is 1. The Balaban J connectivity index is 1.72. The molecule has 0 unspecified atom stereocenters. The van der Waals surface area contributed by atoms with Crippen LogP contribution in [0.3, 0.4) is 0 Å². The lowest BCUT2D eigenvalue weighted by Crippen LogP contribution is -2.52. The van der Waals surface area contributed by atoms with Gasteiger partial charge in [0.05, 0.1) is 11.2 Å². The van der Waals surface area contributed by atoms with E-state index in [0.29, 0.717) is 5.92 Å². The molecule has 3 aliphatic rings. The fraction of sp³-hybridized carbons (Fsp3) is 0.619. The van der Waals surface area contributed by atoms with Crippen molar-refractivity contribution in [3.63, 3.8) is 0 Å². The summed E-state index contributed by atoms with van der Waals surface area (Å²) in [5.41, 5.74) is 2.74. The molecule has 2 aliphatic carbocycles. The SMILES string of the molecule is CC1(C)O[C@]23C[C@H]1CC[C@]2(C)CCC=C3Cc1ccc(F)cc1. The monoisotopic (exact) mass is 314 g/mol. The third-order valence-corrected chi connectivity index (χ3v) is 6.89. The molecule has 1 nitrogen and oxygen atoms in total. The zero-order chi connectivity index (χ0) is 16.3. The van der Waals surface area contributed by atoms with Crippen molar-refractivity contribution in [2.45, 2.75) is 70.5 Å². The van der Waals surface area contributed by atoms with E-state index in [2.05, 4.69) is 26.8 Å². The first-order chi connectivity index (χ1) is 10.8. The summed E-state index contributed by atoms with van der Waals surface area (Å²) in [7, 11) is 0. The van der Waals surface area contributed by atoms with E-state index in [1.165, 1.54) is 30.4 Å². The standard InChI is InChI=1S/C21H27FO/c1-19(2)17-10-12-20(3)11-4-5-16(21(20,14-17)23-19)13-15-6-8-18(22)9-7-15/h5-9,17H,4,10-14H2,1-3H3/t17-,20+,21+/m1/s1. The summed E-state index contributed by atoms with van der Waals surface area (Å²) < 4.78 is 20.0. The molecule has 2 fully saturated rings. The fourth-order valence-corrected chi connectivity index (χ4v) is 5.36. The Bertz CT molecular complexity index is 644. The third kappa shape index (κ3) is 2.21. The minimum Gasteiger partial charge on any atom is -0.364 e. The Labute approximate surface area is 138 Å². The van der Waals surface area contributed by atoms with Crippen molar-refractivity contribution in [3.05, 3.63) is 47.3 Å². The van der Waals surface area contributed by atoms with Gasteiger partial charge >= 0.3 is 0 Å². The van der Waals surface area contributed by atoms with Gasteiger partial charge in [-0.15, -0.1) is 0 Å². The Morgan fingerprint density at radius 2 is 1.87 bits per heavy atom. The van der Waals surface area contributed by atoms with Gasteiger partial charge in [-0.05, 0) is 81.6 Å². The van der Waals surface area contributed by atoms with Gasteiger partial charge in [0.25, 0.3) is 0 Å². The van der Waals surface area contributed by atoms with Gasteiger partial charge in [-0.1, -0.05) is 25.1 Å². The molecule has 1 aliphatic heterocycles. The summed E-state index contributed by atoms with van der Waals surface area (Å²) in [6.45, 7) is 6.97. The molecular weight excluding hydrogens is 287 g/mol. The highest BCUT2D eigenvalue weighted by molar-refractivity contribution is 5.35. The van der Waals surface area contributed by atoms with Crippen LogP contribution >= 0.6 is 0 Å². The van der Waals surface area contributed by atoms with E-state index >= 15 is 0 Å². The Morgan fingerprint density at radius 3 is 2.61 bits per heavy atom. The molecule has 1 aromatic carbocycles. The second kappa shape index (κ2) is 4.92. The molecule has 23 heavy (non-hydrogen) atoms. The molecule has 1 aromatic rings. The van der Waals surface area contributed by atoms with Crippen LogP contribution in [0.1, 0.15) is 58.4 Å². The quantitative estimate of drug-likeness (QED) is 0.660. The molecule has 1 saturated heterocycles. The average molecular weight is 314 g/mol. The van der Waals surface area contributed by atoms with Crippen LogP contribution in [0.25, 0.3) is 0 Å². The molecule has 1 heterocycles. The second-order valence-corrected chi connectivity index (χ2v) is 8.60. The van der Waals surface area contributed by atoms with Gasteiger partial charge in [0.2, 0.25) is 0 Å². The number of fused-ring (bicyclic) bond motifs is 1. The van der Waals surface area contributed by atoms with Crippen LogP contribution in [0, 0.1) is 17.2 Å². The molecule has 4 rings (SSSR count). The predicted octanol–water partition coefficient (Wildman–Crippen LogP) is 5.44. The van der Waals surface area contributed by atoms with E-state index in [1.807, 2.05) is 12.1 Å². The van der Waals surface area contributed by atoms with Gasteiger partial charge in [-0.3, -0.25) is 0 Å². The number of allylic oxidation sites excluding steroid dienone is 1. The van der Waals surface area contributed by atoms with E-state index in [0.717, 1.165) is 19.3 Å². The van der Waals surface area contributed by atoms with Crippen molar-refractivity contribution in [2.24, 2.45) is 11.3 Å². The maximum absolute atomic E-state index is 13.2. The molecule has 1 saturated carbocycles. The van der Waals surface area contributed by atoms with Crippen molar-refractivity contribution in [1.29, 1.82) is 0 Å².